The molecule has 0 radical (unpaired) electrons. The summed E-state index contributed by atoms with van der Waals surface area (Å²) in [5.74, 6) is 0. The molecule has 0 aliphatic heterocycles. The lowest BCUT2D eigenvalue weighted by molar-refractivity contribution is 0.741. The smallest absolute Gasteiger partial charge is 0.0775 e. The Bertz CT molecular complexity index is 346. The average molecular weight is 233 g/mol. The van der Waals surface area contributed by atoms with Crippen LogP contribution in [0.1, 0.15) is 12.5 Å². The molecule has 0 heterocycles. The molecule has 1 rings (SSSR count). The van der Waals surface area contributed by atoms with Crippen molar-refractivity contribution in [3.05, 3.63) is 42.0 Å². The lowest BCUT2D eigenvalue weighted by Gasteiger charge is -2.16. The van der Waals surface area contributed by atoms with Crippen LogP contribution in [0.15, 0.2) is 36.4 Å². The number of hydrogen-bond donors (Lipinski definition) is 1. The fourth-order valence-electron chi connectivity index (χ4n) is 1.54. The summed E-state index contributed by atoms with van der Waals surface area (Å²) in [7, 11) is -1.14. The summed E-state index contributed by atoms with van der Waals surface area (Å²) in [5, 5.41) is 4.90. The second-order valence-corrected chi connectivity index (χ2v) is 10.6. The first kappa shape index (κ1) is 13.2. The van der Waals surface area contributed by atoms with Gasteiger partial charge in [0.25, 0.3) is 0 Å². The van der Waals surface area contributed by atoms with Crippen molar-refractivity contribution in [2.75, 3.05) is 6.54 Å². The summed E-state index contributed by atoms with van der Waals surface area (Å²) >= 11 is 0. The summed E-state index contributed by atoms with van der Waals surface area (Å²) in [5.41, 5.74) is 2.53. The molecule has 1 aromatic carbocycles. The zero-order valence-electron chi connectivity index (χ0n) is 10.9. The first-order valence-electron chi connectivity index (χ1n) is 5.84. The minimum Gasteiger partial charge on any atom is -0.309 e. The molecule has 2 heteroatoms. The van der Waals surface area contributed by atoms with Gasteiger partial charge in [-0.25, -0.2) is 0 Å². The van der Waals surface area contributed by atoms with Gasteiger partial charge in [0, 0.05) is 13.1 Å². The van der Waals surface area contributed by atoms with Crippen LogP contribution in [0.3, 0.4) is 0 Å². The molecule has 1 nitrogen and oxygen atoms in total. The van der Waals surface area contributed by atoms with Gasteiger partial charge in [-0.1, -0.05) is 61.2 Å². The average Bonchev–Trinajstić information content (AvgIpc) is 2.16. The molecule has 0 amide bonds. The molecule has 0 aliphatic rings. The maximum Gasteiger partial charge on any atom is 0.0775 e. The van der Waals surface area contributed by atoms with E-state index in [9.17, 15) is 0 Å². The first-order chi connectivity index (χ1) is 7.39. The van der Waals surface area contributed by atoms with E-state index in [0.717, 1.165) is 13.1 Å². The van der Waals surface area contributed by atoms with Crippen LogP contribution >= 0.6 is 0 Å². The van der Waals surface area contributed by atoms with Gasteiger partial charge >= 0.3 is 0 Å². The largest absolute Gasteiger partial charge is 0.309 e. The molecule has 0 unspecified atom stereocenters. The van der Waals surface area contributed by atoms with E-state index in [2.05, 4.69) is 55.8 Å². The molecule has 88 valence electrons. The highest BCUT2D eigenvalue weighted by Gasteiger charge is 2.15. The van der Waals surface area contributed by atoms with E-state index in [1.807, 2.05) is 6.92 Å². The minimum absolute atomic E-state index is 0.899. The second-order valence-electron chi connectivity index (χ2n) is 5.51. The fourth-order valence-corrected chi connectivity index (χ4v) is 2.71. The summed E-state index contributed by atoms with van der Waals surface area (Å²) in [6.45, 7) is 14.9. The van der Waals surface area contributed by atoms with E-state index in [-0.39, 0.29) is 0 Å². The molecule has 1 aromatic rings. The molecular weight excluding hydrogens is 210 g/mol. The Morgan fingerprint density at radius 2 is 1.75 bits per heavy atom. The topological polar surface area (TPSA) is 12.0 Å². The zero-order chi connectivity index (χ0) is 12.2. The van der Waals surface area contributed by atoms with Crippen molar-refractivity contribution >= 4 is 13.3 Å². The maximum atomic E-state index is 3.88. The maximum absolute atomic E-state index is 3.88. The molecule has 0 fully saturated rings. The van der Waals surface area contributed by atoms with Crippen LogP contribution < -0.4 is 10.5 Å². The molecular formula is C14H23NSi. The predicted molar refractivity (Wildman–Crippen MR) is 75.9 cm³/mol. The fraction of sp³-hybridized carbons (Fsp3) is 0.429. The number of rotatable bonds is 5. The van der Waals surface area contributed by atoms with Gasteiger partial charge in [-0.05, 0) is 12.5 Å². The van der Waals surface area contributed by atoms with Crippen LogP contribution in [-0.4, -0.2) is 14.6 Å². The van der Waals surface area contributed by atoms with Gasteiger partial charge < -0.3 is 5.32 Å². The second kappa shape index (κ2) is 5.46. The minimum atomic E-state index is -1.14. The Morgan fingerprint density at radius 3 is 2.19 bits per heavy atom. The highest BCUT2D eigenvalue weighted by Crippen LogP contribution is 2.04. The summed E-state index contributed by atoms with van der Waals surface area (Å²) < 4.78 is 0. The quantitative estimate of drug-likeness (QED) is 0.609. The number of benzene rings is 1. The number of hydrogen-bond acceptors (Lipinski definition) is 1. The van der Waals surface area contributed by atoms with E-state index in [0.29, 0.717) is 0 Å². The Balaban J connectivity index is 2.55. The number of nitrogens with one attached hydrogen (secondary N) is 1. The van der Waals surface area contributed by atoms with Crippen LogP contribution in [0.4, 0.5) is 0 Å². The molecule has 0 atom stereocenters. The van der Waals surface area contributed by atoms with Crippen molar-refractivity contribution in [1.29, 1.82) is 0 Å². The van der Waals surface area contributed by atoms with Crippen LogP contribution in [0.25, 0.3) is 0 Å². The molecule has 16 heavy (non-hydrogen) atoms. The van der Waals surface area contributed by atoms with Crippen molar-refractivity contribution in [2.24, 2.45) is 0 Å². The van der Waals surface area contributed by atoms with E-state index in [1.165, 1.54) is 16.3 Å². The third kappa shape index (κ3) is 4.33. The van der Waals surface area contributed by atoms with Crippen molar-refractivity contribution < 1.29 is 0 Å². The molecule has 0 aliphatic carbocycles. The summed E-state index contributed by atoms with van der Waals surface area (Å²) in [6, 6.07) is 9.03. The van der Waals surface area contributed by atoms with Gasteiger partial charge in [-0.15, -0.1) is 0 Å². The van der Waals surface area contributed by atoms with Gasteiger partial charge in [0.05, 0.1) is 8.07 Å². The normalized spacial score (nSPS) is 11.5. The van der Waals surface area contributed by atoms with E-state index >= 15 is 0 Å². The van der Waals surface area contributed by atoms with Crippen molar-refractivity contribution in [3.63, 3.8) is 0 Å². The predicted octanol–water partition coefficient (Wildman–Crippen LogP) is 2.90. The third-order valence-electron chi connectivity index (χ3n) is 2.58. The molecule has 0 bridgehead atoms. The summed E-state index contributed by atoms with van der Waals surface area (Å²) in [6.07, 6.45) is 0. The lowest BCUT2D eigenvalue weighted by atomic mass is 10.2. The van der Waals surface area contributed by atoms with Crippen LogP contribution in [0, 0.1) is 0 Å². The monoisotopic (exact) mass is 233 g/mol. The SMILES string of the molecule is C=C(C)CNCc1ccc([Si](C)(C)C)cc1. The third-order valence-corrected chi connectivity index (χ3v) is 4.64. The van der Waals surface area contributed by atoms with Crippen LogP contribution in [-0.2, 0) is 6.54 Å². The first-order valence-corrected chi connectivity index (χ1v) is 9.34. The van der Waals surface area contributed by atoms with Gasteiger partial charge in [-0.2, -0.15) is 0 Å². The molecule has 0 saturated carbocycles. The summed E-state index contributed by atoms with van der Waals surface area (Å²) in [4.78, 5) is 0. The van der Waals surface area contributed by atoms with E-state index in [1.54, 1.807) is 0 Å². The van der Waals surface area contributed by atoms with Crippen molar-refractivity contribution in [1.82, 2.24) is 5.32 Å². The Kier molecular flexibility index (Phi) is 4.51. The molecule has 0 aromatic heterocycles. The Hall–Kier alpha value is -0.863. The Morgan fingerprint density at radius 1 is 1.19 bits per heavy atom. The van der Waals surface area contributed by atoms with Gasteiger partial charge in [0.1, 0.15) is 0 Å². The van der Waals surface area contributed by atoms with Gasteiger partial charge in [0.2, 0.25) is 0 Å². The van der Waals surface area contributed by atoms with E-state index in [4.69, 9.17) is 0 Å². The van der Waals surface area contributed by atoms with Gasteiger partial charge in [0.15, 0.2) is 0 Å². The highest BCUT2D eigenvalue weighted by molar-refractivity contribution is 6.88. The van der Waals surface area contributed by atoms with Crippen molar-refractivity contribution in [2.45, 2.75) is 33.1 Å². The molecule has 0 spiro atoms. The van der Waals surface area contributed by atoms with Crippen LogP contribution in [0.5, 0.6) is 0 Å². The van der Waals surface area contributed by atoms with E-state index < -0.39 is 8.07 Å². The van der Waals surface area contributed by atoms with Crippen LogP contribution in [0.2, 0.25) is 19.6 Å². The van der Waals surface area contributed by atoms with Crippen molar-refractivity contribution in [3.8, 4) is 0 Å². The molecule has 1 N–H and O–H groups in total. The molecule has 0 saturated heterocycles. The lowest BCUT2D eigenvalue weighted by Crippen LogP contribution is -2.37. The standard InChI is InChI=1S/C14H23NSi/c1-12(2)10-15-11-13-6-8-14(9-7-13)16(3,4)5/h6-9,15H,1,10-11H2,2-5H3. The van der Waals surface area contributed by atoms with Gasteiger partial charge in [-0.3, -0.25) is 0 Å². The highest BCUT2D eigenvalue weighted by atomic mass is 28.3. The zero-order valence-corrected chi connectivity index (χ0v) is 11.9. The Labute approximate surface area is 101 Å².